The standard InChI is InChI=1S/C19H15N3O2S/c1-10-14-8-12(7-6-11(14)9-20-10)22-15-5-3-2-4-13(15)17(23)16-18(24)21-25-19(16)22/h2-8,10,20H,9H2,1H3,(H,21,24). The molecule has 124 valence electrons. The molecule has 3 heterocycles. The number of nitrogens with one attached hydrogen (secondary N) is 2. The van der Waals surface area contributed by atoms with Crippen molar-refractivity contribution in [1.29, 1.82) is 0 Å². The van der Waals surface area contributed by atoms with Gasteiger partial charge in [0.1, 0.15) is 10.2 Å². The van der Waals surface area contributed by atoms with E-state index in [4.69, 9.17) is 0 Å². The van der Waals surface area contributed by atoms with Gasteiger partial charge in [0.2, 0.25) is 5.43 Å². The predicted octanol–water partition coefficient (Wildman–Crippen LogP) is 3.06. The molecule has 5 rings (SSSR count). The van der Waals surface area contributed by atoms with Crippen LogP contribution in [0.15, 0.2) is 52.1 Å². The Hall–Kier alpha value is -2.70. The minimum atomic E-state index is -0.319. The molecule has 0 spiro atoms. The number of rotatable bonds is 1. The molecule has 2 N–H and O–H groups in total. The average molecular weight is 349 g/mol. The summed E-state index contributed by atoms with van der Waals surface area (Å²) in [6.07, 6.45) is 0. The number of para-hydroxylation sites is 1. The Kier molecular flexibility index (Phi) is 3.01. The topological polar surface area (TPSA) is 66.9 Å². The summed E-state index contributed by atoms with van der Waals surface area (Å²) in [5.74, 6) is 0. The molecule has 2 aromatic carbocycles. The molecule has 1 aliphatic rings. The number of hydrogen-bond donors (Lipinski definition) is 2. The monoisotopic (exact) mass is 349 g/mol. The third-order valence-electron chi connectivity index (χ3n) is 4.95. The van der Waals surface area contributed by atoms with Crippen molar-refractivity contribution < 1.29 is 0 Å². The van der Waals surface area contributed by atoms with Crippen molar-refractivity contribution >= 4 is 32.7 Å². The summed E-state index contributed by atoms with van der Waals surface area (Å²) in [5, 5.41) is 4.23. The molecule has 2 aromatic heterocycles. The van der Waals surface area contributed by atoms with E-state index in [-0.39, 0.29) is 16.4 Å². The van der Waals surface area contributed by atoms with Crippen molar-refractivity contribution in [3.63, 3.8) is 0 Å². The maximum Gasteiger partial charge on any atom is 0.271 e. The van der Waals surface area contributed by atoms with Crippen LogP contribution >= 0.6 is 11.5 Å². The zero-order valence-electron chi connectivity index (χ0n) is 13.5. The molecule has 0 amide bonds. The van der Waals surface area contributed by atoms with Crippen LogP contribution in [-0.4, -0.2) is 8.94 Å². The van der Waals surface area contributed by atoms with E-state index < -0.39 is 0 Å². The summed E-state index contributed by atoms with van der Waals surface area (Å²) in [6, 6.07) is 14.1. The number of hydrogen-bond acceptors (Lipinski definition) is 4. The fraction of sp³-hybridized carbons (Fsp3) is 0.158. The number of pyridine rings is 1. The highest BCUT2D eigenvalue weighted by molar-refractivity contribution is 7.12. The lowest BCUT2D eigenvalue weighted by atomic mass is 10.0. The second-order valence-electron chi connectivity index (χ2n) is 6.38. The van der Waals surface area contributed by atoms with Gasteiger partial charge in [-0.05, 0) is 53.8 Å². The zero-order valence-corrected chi connectivity index (χ0v) is 14.3. The summed E-state index contributed by atoms with van der Waals surface area (Å²) in [7, 11) is 0. The van der Waals surface area contributed by atoms with Gasteiger partial charge < -0.3 is 5.32 Å². The lowest BCUT2D eigenvalue weighted by molar-refractivity contribution is 0.633. The molecular weight excluding hydrogens is 334 g/mol. The van der Waals surface area contributed by atoms with Gasteiger partial charge in [-0.25, -0.2) is 0 Å². The summed E-state index contributed by atoms with van der Waals surface area (Å²) in [4.78, 5) is 25.6. The summed E-state index contributed by atoms with van der Waals surface area (Å²) >= 11 is 1.21. The van der Waals surface area contributed by atoms with E-state index in [9.17, 15) is 9.59 Å². The van der Waals surface area contributed by atoms with E-state index in [1.54, 1.807) is 6.07 Å². The second-order valence-corrected chi connectivity index (χ2v) is 7.18. The molecule has 0 bridgehead atoms. The molecule has 25 heavy (non-hydrogen) atoms. The van der Waals surface area contributed by atoms with Crippen LogP contribution in [-0.2, 0) is 6.54 Å². The maximum atomic E-state index is 12.8. The Morgan fingerprint density at radius 2 is 2.00 bits per heavy atom. The SMILES string of the molecule is CC1NCc2ccc(-n3c4ccccc4c(=O)c4c(=O)[nH]sc43)cc21. The molecule has 0 saturated carbocycles. The van der Waals surface area contributed by atoms with E-state index in [2.05, 4.69) is 34.8 Å². The van der Waals surface area contributed by atoms with Gasteiger partial charge in [-0.15, -0.1) is 0 Å². The second kappa shape index (κ2) is 5.15. The maximum absolute atomic E-state index is 12.8. The van der Waals surface area contributed by atoms with Gasteiger partial charge in [-0.2, -0.15) is 0 Å². The molecule has 1 atom stereocenters. The summed E-state index contributed by atoms with van der Waals surface area (Å²) < 4.78 is 4.73. The lowest BCUT2D eigenvalue weighted by Crippen LogP contribution is -2.14. The van der Waals surface area contributed by atoms with Crippen molar-refractivity contribution in [2.45, 2.75) is 19.5 Å². The highest BCUT2D eigenvalue weighted by atomic mass is 32.1. The minimum Gasteiger partial charge on any atom is -0.306 e. The number of fused-ring (bicyclic) bond motifs is 3. The van der Waals surface area contributed by atoms with Crippen LogP contribution < -0.4 is 16.3 Å². The summed E-state index contributed by atoms with van der Waals surface area (Å²) in [6.45, 7) is 3.01. The van der Waals surface area contributed by atoms with Crippen molar-refractivity contribution in [1.82, 2.24) is 14.3 Å². The van der Waals surface area contributed by atoms with Crippen LogP contribution in [0.5, 0.6) is 0 Å². The predicted molar refractivity (Wildman–Crippen MR) is 101 cm³/mol. The van der Waals surface area contributed by atoms with E-state index in [0.29, 0.717) is 16.3 Å². The Morgan fingerprint density at radius 1 is 1.16 bits per heavy atom. The first-order chi connectivity index (χ1) is 12.1. The molecular formula is C19H15N3O2S. The Labute approximate surface area is 146 Å². The van der Waals surface area contributed by atoms with Crippen LogP contribution in [0.3, 0.4) is 0 Å². The first-order valence-corrected chi connectivity index (χ1v) is 8.98. The lowest BCUT2D eigenvalue weighted by Gasteiger charge is -2.14. The molecule has 0 fully saturated rings. The highest BCUT2D eigenvalue weighted by Gasteiger charge is 2.20. The molecule has 0 radical (unpaired) electrons. The molecule has 1 aliphatic heterocycles. The fourth-order valence-electron chi connectivity index (χ4n) is 3.67. The van der Waals surface area contributed by atoms with Gasteiger partial charge in [0.25, 0.3) is 5.56 Å². The van der Waals surface area contributed by atoms with Gasteiger partial charge in [0.05, 0.1) is 5.52 Å². The van der Waals surface area contributed by atoms with E-state index in [1.807, 2.05) is 22.8 Å². The molecule has 1 unspecified atom stereocenters. The third-order valence-corrected chi connectivity index (χ3v) is 5.82. The minimum absolute atomic E-state index is 0.208. The molecule has 5 nitrogen and oxygen atoms in total. The number of H-pyrrole nitrogens is 1. The van der Waals surface area contributed by atoms with E-state index in [1.165, 1.54) is 22.7 Å². The number of aromatic amines is 1. The Bertz CT molecular complexity index is 1270. The third kappa shape index (κ3) is 1.98. The first kappa shape index (κ1) is 14.6. The number of aromatic nitrogens is 2. The molecule has 0 saturated heterocycles. The van der Waals surface area contributed by atoms with Crippen LogP contribution in [0.25, 0.3) is 26.8 Å². The Morgan fingerprint density at radius 3 is 2.88 bits per heavy atom. The van der Waals surface area contributed by atoms with Crippen molar-refractivity contribution in [3.05, 3.63) is 74.2 Å². The molecule has 4 aromatic rings. The Balaban J connectivity index is 1.96. The number of benzene rings is 2. The van der Waals surface area contributed by atoms with Crippen LogP contribution in [0.4, 0.5) is 0 Å². The largest absolute Gasteiger partial charge is 0.306 e. The van der Waals surface area contributed by atoms with Gasteiger partial charge in [-0.3, -0.25) is 18.5 Å². The zero-order chi connectivity index (χ0) is 17.1. The fourth-order valence-corrected chi connectivity index (χ4v) is 4.55. The van der Waals surface area contributed by atoms with E-state index >= 15 is 0 Å². The highest BCUT2D eigenvalue weighted by Crippen LogP contribution is 2.30. The van der Waals surface area contributed by atoms with Crippen molar-refractivity contribution in [2.24, 2.45) is 0 Å². The van der Waals surface area contributed by atoms with Crippen LogP contribution in [0.1, 0.15) is 24.1 Å². The average Bonchev–Trinajstić information content (AvgIpc) is 3.19. The van der Waals surface area contributed by atoms with Crippen LogP contribution in [0, 0.1) is 0 Å². The first-order valence-electron chi connectivity index (χ1n) is 8.16. The van der Waals surface area contributed by atoms with Crippen molar-refractivity contribution in [3.8, 4) is 5.69 Å². The summed E-state index contributed by atoms with van der Waals surface area (Å²) in [5.41, 5.74) is 3.80. The van der Waals surface area contributed by atoms with Gasteiger partial charge in [0, 0.05) is 23.7 Å². The van der Waals surface area contributed by atoms with E-state index in [0.717, 1.165) is 17.7 Å². The smallest absolute Gasteiger partial charge is 0.271 e. The van der Waals surface area contributed by atoms with Crippen molar-refractivity contribution in [2.75, 3.05) is 0 Å². The van der Waals surface area contributed by atoms with Gasteiger partial charge >= 0.3 is 0 Å². The molecule has 0 aliphatic carbocycles. The number of nitrogens with zero attached hydrogens (tertiary/aromatic N) is 1. The van der Waals surface area contributed by atoms with Gasteiger partial charge in [-0.1, -0.05) is 18.2 Å². The molecule has 6 heteroatoms. The van der Waals surface area contributed by atoms with Gasteiger partial charge in [0.15, 0.2) is 0 Å². The normalized spacial score (nSPS) is 16.6. The quantitative estimate of drug-likeness (QED) is 0.555. The van der Waals surface area contributed by atoms with Crippen LogP contribution in [0.2, 0.25) is 0 Å².